The van der Waals surface area contributed by atoms with Crippen LogP contribution in [-0.4, -0.2) is 48.0 Å². The molecule has 0 saturated heterocycles. The smallest absolute Gasteiger partial charge is 0.134 e. The quantitative estimate of drug-likeness (QED) is 0.555. The van der Waals surface area contributed by atoms with Gasteiger partial charge in [-0.15, -0.1) is 0 Å². The molecule has 0 aliphatic rings. The highest BCUT2D eigenvalue weighted by Gasteiger charge is 2.08. The first-order chi connectivity index (χ1) is 9.33. The van der Waals surface area contributed by atoms with Gasteiger partial charge < -0.3 is 20.5 Å². The first kappa shape index (κ1) is 15.7. The zero-order valence-electron chi connectivity index (χ0n) is 11.8. The number of rotatable bonds is 10. The van der Waals surface area contributed by atoms with Crippen LogP contribution in [0.5, 0.6) is 0 Å². The van der Waals surface area contributed by atoms with Crippen molar-refractivity contribution in [1.82, 2.24) is 9.97 Å². The van der Waals surface area contributed by atoms with Crippen molar-refractivity contribution in [2.24, 2.45) is 0 Å². The Morgan fingerprint density at radius 2 is 1.89 bits per heavy atom. The Kier molecular flexibility index (Phi) is 7.84. The average molecular weight is 268 g/mol. The summed E-state index contributed by atoms with van der Waals surface area (Å²) in [4.78, 5) is 8.54. The molecule has 6 heteroatoms. The van der Waals surface area contributed by atoms with Gasteiger partial charge in [-0.25, -0.2) is 9.97 Å². The van der Waals surface area contributed by atoms with E-state index in [4.69, 9.17) is 9.84 Å². The standard InChI is InChI=1S/C13H24N4O2/c1-3-11-12(14-4-2)16-10-17-13(11)15-6-5-8-19-9-7-18/h10,18H,3-9H2,1-2H3,(H2,14,15,16,17). The van der Waals surface area contributed by atoms with Crippen LogP contribution in [0, 0.1) is 0 Å². The number of hydrogen-bond acceptors (Lipinski definition) is 6. The van der Waals surface area contributed by atoms with Crippen LogP contribution in [0.25, 0.3) is 0 Å². The lowest BCUT2D eigenvalue weighted by molar-refractivity contribution is 0.0922. The van der Waals surface area contributed by atoms with Crippen molar-refractivity contribution in [3.8, 4) is 0 Å². The normalized spacial score (nSPS) is 10.5. The van der Waals surface area contributed by atoms with Crippen molar-refractivity contribution < 1.29 is 9.84 Å². The maximum absolute atomic E-state index is 8.59. The minimum absolute atomic E-state index is 0.0748. The number of hydrogen-bond donors (Lipinski definition) is 3. The van der Waals surface area contributed by atoms with Gasteiger partial charge in [0.1, 0.15) is 18.0 Å². The van der Waals surface area contributed by atoms with E-state index in [2.05, 4.69) is 27.5 Å². The Hall–Kier alpha value is -1.40. The van der Waals surface area contributed by atoms with Crippen molar-refractivity contribution in [1.29, 1.82) is 0 Å². The van der Waals surface area contributed by atoms with Gasteiger partial charge in [-0.1, -0.05) is 6.92 Å². The van der Waals surface area contributed by atoms with Gasteiger partial charge in [-0.05, 0) is 19.8 Å². The minimum Gasteiger partial charge on any atom is -0.394 e. The molecule has 1 aromatic heterocycles. The predicted molar refractivity (Wildman–Crippen MR) is 76.6 cm³/mol. The van der Waals surface area contributed by atoms with Crippen LogP contribution in [0.1, 0.15) is 25.8 Å². The Labute approximate surface area is 114 Å². The van der Waals surface area contributed by atoms with E-state index in [0.29, 0.717) is 13.2 Å². The molecular weight excluding hydrogens is 244 g/mol. The summed E-state index contributed by atoms with van der Waals surface area (Å²) in [5.74, 6) is 1.79. The second-order valence-electron chi connectivity index (χ2n) is 4.05. The van der Waals surface area contributed by atoms with Gasteiger partial charge in [0.25, 0.3) is 0 Å². The molecule has 0 saturated carbocycles. The molecule has 0 spiro atoms. The second kappa shape index (κ2) is 9.52. The van der Waals surface area contributed by atoms with E-state index in [0.717, 1.165) is 43.1 Å². The highest BCUT2D eigenvalue weighted by atomic mass is 16.5. The summed E-state index contributed by atoms with van der Waals surface area (Å²) in [6.07, 6.45) is 3.33. The molecule has 0 aromatic carbocycles. The molecule has 0 unspecified atom stereocenters. The van der Waals surface area contributed by atoms with Crippen molar-refractivity contribution >= 4 is 11.6 Å². The summed E-state index contributed by atoms with van der Waals surface area (Å²) < 4.78 is 5.20. The lowest BCUT2D eigenvalue weighted by Crippen LogP contribution is -2.12. The molecule has 1 heterocycles. The fraction of sp³-hybridized carbons (Fsp3) is 0.692. The van der Waals surface area contributed by atoms with Crippen LogP contribution < -0.4 is 10.6 Å². The molecule has 0 bridgehead atoms. The number of ether oxygens (including phenoxy) is 1. The first-order valence-electron chi connectivity index (χ1n) is 6.83. The van der Waals surface area contributed by atoms with Crippen LogP contribution in [0.4, 0.5) is 11.6 Å². The van der Waals surface area contributed by atoms with Crippen LogP contribution in [-0.2, 0) is 11.2 Å². The summed E-state index contributed by atoms with van der Waals surface area (Å²) in [5.41, 5.74) is 1.11. The van der Waals surface area contributed by atoms with Gasteiger partial charge in [0.05, 0.1) is 13.2 Å². The largest absolute Gasteiger partial charge is 0.394 e. The molecule has 0 fully saturated rings. The topological polar surface area (TPSA) is 79.3 Å². The molecule has 0 radical (unpaired) electrons. The summed E-state index contributed by atoms with van der Waals surface area (Å²) in [7, 11) is 0. The summed E-state index contributed by atoms with van der Waals surface area (Å²) >= 11 is 0. The number of nitrogens with one attached hydrogen (secondary N) is 2. The van der Waals surface area contributed by atoms with Gasteiger partial charge in [0.15, 0.2) is 0 Å². The molecule has 1 aromatic rings. The first-order valence-corrected chi connectivity index (χ1v) is 6.83. The molecule has 19 heavy (non-hydrogen) atoms. The van der Waals surface area contributed by atoms with Gasteiger partial charge in [0, 0.05) is 25.3 Å². The molecular formula is C13H24N4O2. The summed E-state index contributed by atoms with van der Waals surface area (Å²) in [6.45, 7) is 6.89. The summed E-state index contributed by atoms with van der Waals surface area (Å²) in [5, 5.41) is 15.1. The van der Waals surface area contributed by atoms with E-state index in [1.54, 1.807) is 6.33 Å². The highest BCUT2D eigenvalue weighted by Crippen LogP contribution is 2.19. The maximum atomic E-state index is 8.59. The monoisotopic (exact) mass is 268 g/mol. The summed E-state index contributed by atoms with van der Waals surface area (Å²) in [6, 6.07) is 0. The van der Waals surface area contributed by atoms with Crippen LogP contribution >= 0.6 is 0 Å². The van der Waals surface area contributed by atoms with Gasteiger partial charge in [-0.3, -0.25) is 0 Å². The lowest BCUT2D eigenvalue weighted by atomic mass is 10.2. The van der Waals surface area contributed by atoms with E-state index in [-0.39, 0.29) is 6.61 Å². The maximum Gasteiger partial charge on any atom is 0.134 e. The van der Waals surface area contributed by atoms with Crippen molar-refractivity contribution in [3.05, 3.63) is 11.9 Å². The number of nitrogens with zero attached hydrogens (tertiary/aromatic N) is 2. The fourth-order valence-electron chi connectivity index (χ4n) is 1.77. The second-order valence-corrected chi connectivity index (χ2v) is 4.05. The van der Waals surface area contributed by atoms with Gasteiger partial charge >= 0.3 is 0 Å². The number of aromatic nitrogens is 2. The third-order valence-corrected chi connectivity index (χ3v) is 2.64. The average Bonchev–Trinajstić information content (AvgIpc) is 2.43. The van der Waals surface area contributed by atoms with E-state index in [1.807, 2.05) is 6.92 Å². The lowest BCUT2D eigenvalue weighted by Gasteiger charge is -2.13. The zero-order valence-corrected chi connectivity index (χ0v) is 11.8. The molecule has 1 rings (SSSR count). The minimum atomic E-state index is 0.0748. The Morgan fingerprint density at radius 1 is 1.16 bits per heavy atom. The predicted octanol–water partition coefficient (Wildman–Crippen LogP) is 1.28. The number of aliphatic hydroxyl groups excluding tert-OH is 1. The van der Waals surface area contributed by atoms with Gasteiger partial charge in [-0.2, -0.15) is 0 Å². The molecule has 0 amide bonds. The van der Waals surface area contributed by atoms with E-state index in [1.165, 1.54) is 0 Å². The van der Waals surface area contributed by atoms with E-state index in [9.17, 15) is 0 Å². The Morgan fingerprint density at radius 3 is 2.53 bits per heavy atom. The van der Waals surface area contributed by atoms with Crippen molar-refractivity contribution in [2.75, 3.05) is 43.5 Å². The fourth-order valence-corrected chi connectivity index (χ4v) is 1.77. The molecule has 0 aliphatic carbocycles. The Bertz CT molecular complexity index is 360. The van der Waals surface area contributed by atoms with E-state index < -0.39 is 0 Å². The molecule has 108 valence electrons. The highest BCUT2D eigenvalue weighted by molar-refractivity contribution is 5.57. The number of aliphatic hydroxyl groups is 1. The van der Waals surface area contributed by atoms with E-state index >= 15 is 0 Å². The van der Waals surface area contributed by atoms with Crippen LogP contribution in [0.2, 0.25) is 0 Å². The van der Waals surface area contributed by atoms with Gasteiger partial charge in [0.2, 0.25) is 0 Å². The van der Waals surface area contributed by atoms with Crippen LogP contribution in [0.3, 0.4) is 0 Å². The molecule has 6 nitrogen and oxygen atoms in total. The molecule has 0 atom stereocenters. The molecule has 0 aliphatic heterocycles. The molecule has 3 N–H and O–H groups in total. The Balaban J connectivity index is 2.46. The SMILES string of the molecule is CCNc1ncnc(NCCCOCCO)c1CC. The zero-order chi connectivity index (χ0) is 13.9. The number of anilines is 2. The third kappa shape index (κ3) is 5.40. The van der Waals surface area contributed by atoms with Crippen LogP contribution in [0.15, 0.2) is 6.33 Å². The third-order valence-electron chi connectivity index (χ3n) is 2.64. The van der Waals surface area contributed by atoms with Crippen molar-refractivity contribution in [2.45, 2.75) is 26.7 Å². The van der Waals surface area contributed by atoms with Crippen molar-refractivity contribution in [3.63, 3.8) is 0 Å².